The monoisotopic (exact) mass is 186 g/mol. The lowest BCUT2D eigenvalue weighted by Crippen LogP contribution is -2.54. The zero-order valence-electron chi connectivity index (χ0n) is 7.91. The lowest BCUT2D eigenvalue weighted by molar-refractivity contribution is -0.00479. The highest BCUT2D eigenvalue weighted by atomic mass is 16.5. The summed E-state index contributed by atoms with van der Waals surface area (Å²) in [5, 5.41) is 12.4. The predicted octanol–water partition coefficient (Wildman–Crippen LogP) is -0.611. The molecule has 2 heterocycles. The number of aliphatic hydroxyl groups is 1. The summed E-state index contributed by atoms with van der Waals surface area (Å²) < 4.78 is 5.48. The van der Waals surface area contributed by atoms with Crippen molar-refractivity contribution in [3.8, 4) is 0 Å². The molecule has 13 heavy (non-hydrogen) atoms. The number of nitrogens with one attached hydrogen (secondary N) is 1. The summed E-state index contributed by atoms with van der Waals surface area (Å²) in [6.07, 6.45) is 2.72. The van der Waals surface area contributed by atoms with Crippen LogP contribution in [0.25, 0.3) is 0 Å². The van der Waals surface area contributed by atoms with Crippen LogP contribution in [0.1, 0.15) is 12.8 Å². The van der Waals surface area contributed by atoms with Gasteiger partial charge in [0.25, 0.3) is 0 Å². The van der Waals surface area contributed by atoms with Crippen LogP contribution in [-0.4, -0.2) is 55.1 Å². The van der Waals surface area contributed by atoms with Crippen molar-refractivity contribution in [1.82, 2.24) is 10.2 Å². The smallest absolute Gasteiger partial charge is 0.0794 e. The second-order valence-corrected chi connectivity index (χ2v) is 3.94. The van der Waals surface area contributed by atoms with Crippen molar-refractivity contribution < 1.29 is 9.84 Å². The molecule has 2 saturated heterocycles. The topological polar surface area (TPSA) is 44.7 Å². The Morgan fingerprint density at radius 2 is 2.31 bits per heavy atom. The van der Waals surface area contributed by atoms with Gasteiger partial charge >= 0.3 is 0 Å². The van der Waals surface area contributed by atoms with Gasteiger partial charge in [-0.1, -0.05) is 0 Å². The summed E-state index contributed by atoms with van der Waals surface area (Å²) in [5.41, 5.74) is 0. The fraction of sp³-hybridized carbons (Fsp3) is 1.00. The Kier molecular flexibility index (Phi) is 3.16. The van der Waals surface area contributed by atoms with Crippen LogP contribution in [0.3, 0.4) is 0 Å². The van der Waals surface area contributed by atoms with Crippen LogP contribution in [0.15, 0.2) is 0 Å². The number of nitrogens with zero attached hydrogens (tertiary/aromatic N) is 1. The maximum absolute atomic E-state index is 9.04. The maximum atomic E-state index is 9.04. The number of rotatable bonds is 4. The van der Waals surface area contributed by atoms with E-state index in [1.807, 2.05) is 0 Å². The predicted molar refractivity (Wildman–Crippen MR) is 49.4 cm³/mol. The molecular formula is C9H18N2O2. The zero-order valence-corrected chi connectivity index (χ0v) is 7.91. The third kappa shape index (κ3) is 2.64. The van der Waals surface area contributed by atoms with Crippen LogP contribution in [-0.2, 0) is 4.74 Å². The lowest BCUT2D eigenvalue weighted by Gasteiger charge is -2.36. The first-order valence-corrected chi connectivity index (χ1v) is 5.07. The van der Waals surface area contributed by atoms with Crippen molar-refractivity contribution in [2.75, 3.05) is 32.9 Å². The van der Waals surface area contributed by atoms with E-state index < -0.39 is 0 Å². The normalized spacial score (nSPS) is 30.7. The molecule has 2 N–H and O–H groups in total. The van der Waals surface area contributed by atoms with Crippen molar-refractivity contribution >= 4 is 0 Å². The molecule has 0 bridgehead atoms. The van der Waals surface area contributed by atoms with Gasteiger partial charge < -0.3 is 15.2 Å². The molecule has 0 aromatic rings. The van der Waals surface area contributed by atoms with Crippen LogP contribution in [0.4, 0.5) is 0 Å². The number of hydrogen-bond acceptors (Lipinski definition) is 4. The second-order valence-electron chi connectivity index (χ2n) is 3.94. The molecule has 0 spiro atoms. The Balaban J connectivity index is 1.49. The first kappa shape index (κ1) is 9.40. The van der Waals surface area contributed by atoms with Gasteiger partial charge in [-0.2, -0.15) is 0 Å². The van der Waals surface area contributed by atoms with E-state index in [9.17, 15) is 0 Å². The second kappa shape index (κ2) is 4.37. The molecule has 2 rings (SSSR count). The first-order valence-electron chi connectivity index (χ1n) is 5.07. The van der Waals surface area contributed by atoms with Gasteiger partial charge in [-0.25, -0.2) is 0 Å². The Morgan fingerprint density at radius 1 is 1.46 bits per heavy atom. The van der Waals surface area contributed by atoms with E-state index in [2.05, 4.69) is 10.2 Å². The third-order valence-electron chi connectivity index (χ3n) is 2.67. The molecule has 0 saturated carbocycles. The maximum Gasteiger partial charge on any atom is 0.0794 e. The fourth-order valence-corrected chi connectivity index (χ4v) is 1.86. The molecule has 0 aromatic carbocycles. The Hall–Kier alpha value is -0.160. The van der Waals surface area contributed by atoms with Crippen LogP contribution < -0.4 is 5.32 Å². The van der Waals surface area contributed by atoms with E-state index >= 15 is 0 Å². The van der Waals surface area contributed by atoms with E-state index in [0.29, 0.717) is 6.10 Å². The van der Waals surface area contributed by atoms with Gasteiger partial charge in [0, 0.05) is 32.9 Å². The summed E-state index contributed by atoms with van der Waals surface area (Å²) in [7, 11) is 0. The van der Waals surface area contributed by atoms with E-state index in [1.54, 1.807) is 0 Å². The molecule has 2 aliphatic rings. The molecule has 1 atom stereocenters. The highest BCUT2D eigenvalue weighted by molar-refractivity contribution is 4.78. The van der Waals surface area contributed by atoms with Crippen molar-refractivity contribution in [3.63, 3.8) is 0 Å². The summed E-state index contributed by atoms with van der Waals surface area (Å²) in [4.78, 5) is 2.19. The summed E-state index contributed by atoms with van der Waals surface area (Å²) in [6, 6.07) is 0. The molecule has 4 heteroatoms. The molecule has 76 valence electrons. The standard InChI is InChI=1S/C9H18N2O2/c12-8-5-11(6-8)7-10-4-9-2-1-3-13-9/h8-10,12H,1-7H2. The Morgan fingerprint density at radius 3 is 2.92 bits per heavy atom. The molecule has 2 fully saturated rings. The average Bonchev–Trinajstić information content (AvgIpc) is 2.53. The Bertz CT molecular complexity index is 154. The zero-order chi connectivity index (χ0) is 9.10. The minimum absolute atomic E-state index is 0.0930. The average molecular weight is 186 g/mol. The van der Waals surface area contributed by atoms with Gasteiger partial charge in [0.2, 0.25) is 0 Å². The van der Waals surface area contributed by atoms with Gasteiger partial charge in [0.1, 0.15) is 0 Å². The highest BCUT2D eigenvalue weighted by Gasteiger charge is 2.23. The lowest BCUT2D eigenvalue weighted by atomic mass is 10.2. The first-order chi connectivity index (χ1) is 6.34. The van der Waals surface area contributed by atoms with Crippen molar-refractivity contribution in [3.05, 3.63) is 0 Å². The van der Waals surface area contributed by atoms with E-state index in [4.69, 9.17) is 9.84 Å². The van der Waals surface area contributed by atoms with Gasteiger partial charge in [-0.05, 0) is 12.8 Å². The highest BCUT2D eigenvalue weighted by Crippen LogP contribution is 2.11. The molecule has 0 radical (unpaired) electrons. The summed E-state index contributed by atoms with van der Waals surface area (Å²) in [5.74, 6) is 0. The molecule has 4 nitrogen and oxygen atoms in total. The molecule has 1 unspecified atom stereocenters. The third-order valence-corrected chi connectivity index (χ3v) is 2.67. The largest absolute Gasteiger partial charge is 0.390 e. The van der Waals surface area contributed by atoms with E-state index in [1.165, 1.54) is 12.8 Å². The van der Waals surface area contributed by atoms with Crippen LogP contribution in [0.5, 0.6) is 0 Å². The molecule has 0 aromatic heterocycles. The van der Waals surface area contributed by atoms with Gasteiger partial charge in [-0.15, -0.1) is 0 Å². The van der Waals surface area contributed by atoms with Crippen LogP contribution in [0, 0.1) is 0 Å². The van der Waals surface area contributed by atoms with Gasteiger partial charge in [-0.3, -0.25) is 4.90 Å². The fourth-order valence-electron chi connectivity index (χ4n) is 1.86. The van der Waals surface area contributed by atoms with Crippen LogP contribution in [0.2, 0.25) is 0 Å². The molecule has 0 amide bonds. The summed E-state index contributed by atoms with van der Waals surface area (Å²) >= 11 is 0. The van der Waals surface area contributed by atoms with Crippen molar-refractivity contribution in [1.29, 1.82) is 0 Å². The summed E-state index contributed by atoms with van der Waals surface area (Å²) in [6.45, 7) is 4.40. The van der Waals surface area contributed by atoms with E-state index in [-0.39, 0.29) is 6.10 Å². The van der Waals surface area contributed by atoms with Crippen molar-refractivity contribution in [2.45, 2.75) is 25.0 Å². The number of aliphatic hydroxyl groups excluding tert-OH is 1. The quantitative estimate of drug-likeness (QED) is 0.615. The number of likely N-dealkylation sites (tertiary alicyclic amines) is 1. The van der Waals surface area contributed by atoms with Crippen molar-refractivity contribution in [2.24, 2.45) is 0 Å². The van der Waals surface area contributed by atoms with Crippen LogP contribution >= 0.6 is 0 Å². The molecular weight excluding hydrogens is 168 g/mol. The molecule has 2 aliphatic heterocycles. The van der Waals surface area contributed by atoms with Gasteiger partial charge in [0.05, 0.1) is 12.2 Å². The minimum atomic E-state index is -0.0930. The van der Waals surface area contributed by atoms with E-state index in [0.717, 1.165) is 32.9 Å². The Labute approximate surface area is 78.9 Å². The number of ether oxygens (including phenoxy) is 1. The minimum Gasteiger partial charge on any atom is -0.390 e. The number of β-amino-alcohol motifs (C(OH)–C–C–N with tert-alkyl or cyclic N) is 1. The number of hydrogen-bond donors (Lipinski definition) is 2. The van der Waals surface area contributed by atoms with Gasteiger partial charge in [0.15, 0.2) is 0 Å². The molecule has 0 aliphatic carbocycles. The SMILES string of the molecule is OC1CN(CNCC2CCCO2)C1.